The van der Waals surface area contributed by atoms with Gasteiger partial charge in [0.25, 0.3) is 5.91 Å². The fraction of sp³-hybridized carbons (Fsp3) is 0.0370. The van der Waals surface area contributed by atoms with Crippen molar-refractivity contribution in [3.05, 3.63) is 115 Å². The van der Waals surface area contributed by atoms with Crippen LogP contribution in [0.5, 0.6) is 0 Å². The Morgan fingerprint density at radius 1 is 0.844 bits per heavy atom. The molecule has 0 unspecified atom stereocenters. The molecule has 2 heterocycles. The number of nitrogen functional groups attached to an aromatic ring is 1. The van der Waals surface area contributed by atoms with Crippen LogP contribution in [0.4, 0.5) is 11.4 Å². The molecular formula is C27H22N4O. The van der Waals surface area contributed by atoms with Gasteiger partial charge in [-0.05, 0) is 71.3 Å². The van der Waals surface area contributed by atoms with Crippen LogP contribution in [0.15, 0.2) is 103 Å². The van der Waals surface area contributed by atoms with Gasteiger partial charge >= 0.3 is 0 Å². The van der Waals surface area contributed by atoms with E-state index in [1.807, 2.05) is 78.9 Å². The second kappa shape index (κ2) is 8.40. The molecule has 156 valence electrons. The SMILES string of the molecule is Nc1ccc(N(Cc2cccc(-c3ccncc3)c2)C(=O)c2cc3ccccc3[nH]2)cc1. The van der Waals surface area contributed by atoms with E-state index in [0.717, 1.165) is 33.3 Å². The van der Waals surface area contributed by atoms with Crippen LogP contribution < -0.4 is 10.6 Å². The Labute approximate surface area is 186 Å². The van der Waals surface area contributed by atoms with Gasteiger partial charge in [-0.2, -0.15) is 0 Å². The molecule has 1 amide bonds. The predicted molar refractivity (Wildman–Crippen MR) is 129 cm³/mol. The number of H-pyrrole nitrogens is 1. The first kappa shape index (κ1) is 19.6. The summed E-state index contributed by atoms with van der Waals surface area (Å²) in [5.74, 6) is -0.0970. The van der Waals surface area contributed by atoms with Crippen LogP contribution in [0.2, 0.25) is 0 Å². The van der Waals surface area contributed by atoms with E-state index in [4.69, 9.17) is 5.73 Å². The van der Waals surface area contributed by atoms with Crippen molar-refractivity contribution in [3.63, 3.8) is 0 Å². The van der Waals surface area contributed by atoms with Crippen LogP contribution in [0.1, 0.15) is 16.1 Å². The lowest BCUT2D eigenvalue weighted by atomic mass is 10.0. The lowest BCUT2D eigenvalue weighted by molar-refractivity contribution is 0.0981. The molecule has 5 aromatic rings. The minimum atomic E-state index is -0.0970. The number of rotatable bonds is 5. The average Bonchev–Trinajstić information content (AvgIpc) is 3.28. The number of carbonyl (C=O) groups is 1. The highest BCUT2D eigenvalue weighted by Gasteiger charge is 2.20. The van der Waals surface area contributed by atoms with E-state index >= 15 is 0 Å². The third-order valence-electron chi connectivity index (χ3n) is 5.49. The number of benzene rings is 3. The Morgan fingerprint density at radius 2 is 1.62 bits per heavy atom. The molecule has 32 heavy (non-hydrogen) atoms. The molecule has 0 aliphatic rings. The number of amides is 1. The Morgan fingerprint density at radius 3 is 2.41 bits per heavy atom. The fourth-order valence-corrected chi connectivity index (χ4v) is 3.84. The molecule has 0 aliphatic heterocycles. The molecule has 0 atom stereocenters. The van der Waals surface area contributed by atoms with Gasteiger partial charge in [-0.1, -0.05) is 36.4 Å². The second-order valence-corrected chi connectivity index (χ2v) is 7.69. The van der Waals surface area contributed by atoms with Crippen molar-refractivity contribution in [2.24, 2.45) is 0 Å². The van der Waals surface area contributed by atoms with Crippen molar-refractivity contribution in [2.45, 2.75) is 6.54 Å². The average molecular weight is 419 g/mol. The number of anilines is 2. The van der Waals surface area contributed by atoms with Gasteiger partial charge in [0, 0.05) is 34.7 Å². The molecule has 0 spiro atoms. The number of pyridine rings is 1. The number of nitrogens with one attached hydrogen (secondary N) is 1. The largest absolute Gasteiger partial charge is 0.399 e. The van der Waals surface area contributed by atoms with Crippen LogP contribution in [-0.2, 0) is 6.54 Å². The summed E-state index contributed by atoms with van der Waals surface area (Å²) in [5.41, 5.74) is 12.0. The number of carbonyl (C=O) groups excluding carboxylic acids is 1. The first-order valence-corrected chi connectivity index (χ1v) is 10.4. The lowest BCUT2D eigenvalue weighted by Crippen LogP contribution is -2.30. The van der Waals surface area contributed by atoms with Crippen LogP contribution in [0.3, 0.4) is 0 Å². The zero-order valence-electron chi connectivity index (χ0n) is 17.4. The Bertz CT molecular complexity index is 1340. The number of hydrogen-bond acceptors (Lipinski definition) is 3. The summed E-state index contributed by atoms with van der Waals surface area (Å²) in [6, 6.07) is 29.3. The molecule has 2 aromatic heterocycles. The molecule has 0 aliphatic carbocycles. The third-order valence-corrected chi connectivity index (χ3v) is 5.49. The zero-order chi connectivity index (χ0) is 21.9. The molecule has 0 saturated heterocycles. The van der Waals surface area contributed by atoms with Crippen LogP contribution in [-0.4, -0.2) is 15.9 Å². The molecule has 0 radical (unpaired) electrons. The molecule has 5 rings (SSSR count). The molecule has 3 N–H and O–H groups in total. The monoisotopic (exact) mass is 418 g/mol. The maximum Gasteiger partial charge on any atom is 0.275 e. The van der Waals surface area contributed by atoms with E-state index in [9.17, 15) is 4.79 Å². The zero-order valence-corrected chi connectivity index (χ0v) is 17.4. The maximum atomic E-state index is 13.6. The second-order valence-electron chi connectivity index (χ2n) is 7.69. The number of nitrogens with zero attached hydrogens (tertiary/aromatic N) is 2. The Hall–Kier alpha value is -4.38. The van der Waals surface area contributed by atoms with Gasteiger partial charge in [0.15, 0.2) is 0 Å². The summed E-state index contributed by atoms with van der Waals surface area (Å²) >= 11 is 0. The van der Waals surface area contributed by atoms with Gasteiger partial charge in [0.2, 0.25) is 0 Å². The van der Waals surface area contributed by atoms with Crippen molar-refractivity contribution < 1.29 is 4.79 Å². The van der Waals surface area contributed by atoms with Crippen molar-refractivity contribution in [1.29, 1.82) is 0 Å². The number of aromatic nitrogens is 2. The number of para-hydroxylation sites is 1. The summed E-state index contributed by atoms with van der Waals surface area (Å²) in [5, 5.41) is 1.01. The molecule has 0 fully saturated rings. The molecule has 5 heteroatoms. The Kier molecular flexibility index (Phi) is 5.14. The van der Waals surface area contributed by atoms with E-state index in [0.29, 0.717) is 17.9 Å². The maximum absolute atomic E-state index is 13.6. The van der Waals surface area contributed by atoms with Gasteiger partial charge in [0.1, 0.15) is 5.69 Å². The quantitative estimate of drug-likeness (QED) is 0.362. The molecular weight excluding hydrogens is 396 g/mol. The third kappa shape index (κ3) is 3.96. The summed E-state index contributed by atoms with van der Waals surface area (Å²) in [6.07, 6.45) is 3.56. The van der Waals surface area contributed by atoms with E-state index in [2.05, 4.69) is 22.1 Å². The van der Waals surface area contributed by atoms with Gasteiger partial charge in [-0.15, -0.1) is 0 Å². The van der Waals surface area contributed by atoms with Crippen molar-refractivity contribution >= 4 is 28.2 Å². The summed E-state index contributed by atoms with van der Waals surface area (Å²) in [7, 11) is 0. The number of nitrogens with two attached hydrogens (primary N) is 1. The lowest BCUT2D eigenvalue weighted by Gasteiger charge is -2.23. The van der Waals surface area contributed by atoms with Gasteiger partial charge in [0.05, 0.1) is 6.54 Å². The standard InChI is InChI=1S/C27H22N4O/c28-23-8-10-24(11-9-23)31(27(32)26-17-22-5-1-2-7-25(22)30-26)18-19-4-3-6-21(16-19)20-12-14-29-15-13-20/h1-17,30H,18,28H2. The highest BCUT2D eigenvalue weighted by atomic mass is 16.2. The number of aromatic amines is 1. The van der Waals surface area contributed by atoms with E-state index in [1.165, 1.54) is 0 Å². The highest BCUT2D eigenvalue weighted by Crippen LogP contribution is 2.25. The topological polar surface area (TPSA) is 75.0 Å². The van der Waals surface area contributed by atoms with Crippen molar-refractivity contribution in [1.82, 2.24) is 9.97 Å². The molecule has 3 aromatic carbocycles. The van der Waals surface area contributed by atoms with Crippen LogP contribution in [0.25, 0.3) is 22.0 Å². The smallest absolute Gasteiger partial charge is 0.275 e. The number of hydrogen-bond donors (Lipinski definition) is 2. The summed E-state index contributed by atoms with van der Waals surface area (Å²) in [4.78, 5) is 22.7. The minimum Gasteiger partial charge on any atom is -0.399 e. The minimum absolute atomic E-state index is 0.0970. The summed E-state index contributed by atoms with van der Waals surface area (Å²) < 4.78 is 0. The first-order chi connectivity index (χ1) is 15.7. The summed E-state index contributed by atoms with van der Waals surface area (Å²) in [6.45, 7) is 0.428. The van der Waals surface area contributed by atoms with Crippen LogP contribution >= 0.6 is 0 Å². The van der Waals surface area contributed by atoms with Gasteiger partial charge < -0.3 is 15.6 Å². The fourth-order valence-electron chi connectivity index (χ4n) is 3.84. The first-order valence-electron chi connectivity index (χ1n) is 10.4. The predicted octanol–water partition coefficient (Wildman–Crippen LogP) is 5.66. The molecule has 5 nitrogen and oxygen atoms in total. The number of fused-ring (bicyclic) bond motifs is 1. The van der Waals surface area contributed by atoms with Gasteiger partial charge in [-0.25, -0.2) is 0 Å². The van der Waals surface area contributed by atoms with Crippen molar-refractivity contribution in [3.8, 4) is 11.1 Å². The van der Waals surface area contributed by atoms with Crippen LogP contribution in [0, 0.1) is 0 Å². The Balaban J connectivity index is 1.52. The van der Waals surface area contributed by atoms with Crippen molar-refractivity contribution in [2.75, 3.05) is 10.6 Å². The normalized spacial score (nSPS) is 10.9. The molecule has 0 bridgehead atoms. The highest BCUT2D eigenvalue weighted by molar-refractivity contribution is 6.07. The van der Waals surface area contributed by atoms with E-state index < -0.39 is 0 Å². The van der Waals surface area contributed by atoms with Gasteiger partial charge in [-0.3, -0.25) is 9.78 Å². The van der Waals surface area contributed by atoms with E-state index in [-0.39, 0.29) is 5.91 Å². The molecule has 0 saturated carbocycles. The van der Waals surface area contributed by atoms with E-state index in [1.54, 1.807) is 17.3 Å².